The highest BCUT2D eigenvalue weighted by Crippen LogP contribution is 2.31. The average Bonchev–Trinajstić information content (AvgIpc) is 2.41. The Morgan fingerprint density at radius 2 is 2.11 bits per heavy atom. The Morgan fingerprint density at radius 3 is 2.95 bits per heavy atom. The number of nitrogen functional groups attached to an aromatic ring is 1. The summed E-state index contributed by atoms with van der Waals surface area (Å²) in [6, 6.07) is 8.21. The normalized spacial score (nSPS) is 14.3. The number of rotatable bonds is 1. The molecule has 2 aromatic rings. The fourth-order valence-corrected chi connectivity index (χ4v) is 2.99. The first-order chi connectivity index (χ1) is 9.15. The second-order valence-corrected chi connectivity index (χ2v) is 5.76. The maximum atomic E-state index is 5.88. The number of aromatic nitrogens is 1. The van der Waals surface area contributed by atoms with Crippen LogP contribution in [0.5, 0.6) is 0 Å². The van der Waals surface area contributed by atoms with Crippen molar-refractivity contribution in [3.63, 3.8) is 0 Å². The molecule has 0 radical (unpaired) electrons. The van der Waals surface area contributed by atoms with Gasteiger partial charge in [-0.2, -0.15) is 0 Å². The molecule has 0 unspecified atom stereocenters. The van der Waals surface area contributed by atoms with Crippen LogP contribution in [0.2, 0.25) is 0 Å². The van der Waals surface area contributed by atoms with E-state index in [0.29, 0.717) is 0 Å². The Kier molecular flexibility index (Phi) is 3.19. The highest BCUT2D eigenvalue weighted by molar-refractivity contribution is 9.10. The largest absolute Gasteiger partial charge is 0.399 e. The summed E-state index contributed by atoms with van der Waals surface area (Å²) in [5.41, 5.74) is 10.6. The zero-order chi connectivity index (χ0) is 13.4. The Labute approximate surface area is 121 Å². The van der Waals surface area contributed by atoms with Gasteiger partial charge < -0.3 is 10.6 Å². The molecule has 2 N–H and O–H groups in total. The first-order valence-electron chi connectivity index (χ1n) is 6.38. The van der Waals surface area contributed by atoms with Crippen molar-refractivity contribution < 1.29 is 0 Å². The van der Waals surface area contributed by atoms with Gasteiger partial charge in [0.15, 0.2) is 0 Å². The molecular formula is C15H16BrN3. The fraction of sp³-hybridized carbons (Fsp3) is 0.267. The van der Waals surface area contributed by atoms with Crippen molar-refractivity contribution in [2.75, 3.05) is 17.2 Å². The number of benzene rings is 1. The molecule has 0 aliphatic carbocycles. The van der Waals surface area contributed by atoms with Crippen molar-refractivity contribution in [1.82, 2.24) is 4.98 Å². The highest BCUT2D eigenvalue weighted by atomic mass is 79.9. The van der Waals surface area contributed by atoms with Gasteiger partial charge in [0, 0.05) is 25.0 Å². The Bertz CT molecular complexity index is 625. The lowest BCUT2D eigenvalue weighted by Crippen LogP contribution is -2.31. The highest BCUT2D eigenvalue weighted by Gasteiger charge is 2.19. The maximum Gasteiger partial charge on any atom is 0.143 e. The summed E-state index contributed by atoms with van der Waals surface area (Å²) < 4.78 is 1.09. The summed E-state index contributed by atoms with van der Waals surface area (Å²) in [6.07, 6.45) is 2.90. The average molecular weight is 318 g/mol. The summed E-state index contributed by atoms with van der Waals surface area (Å²) >= 11 is 3.64. The van der Waals surface area contributed by atoms with Crippen LogP contribution in [-0.4, -0.2) is 11.5 Å². The number of hydrogen-bond donors (Lipinski definition) is 1. The van der Waals surface area contributed by atoms with Crippen molar-refractivity contribution in [2.45, 2.75) is 19.9 Å². The maximum absolute atomic E-state index is 5.88. The number of fused-ring (bicyclic) bond motifs is 1. The SMILES string of the molecule is Cc1ccnc(N2CCc3ccc(N)cc3C2)c1Br. The number of anilines is 2. The molecule has 3 rings (SSSR count). The lowest BCUT2D eigenvalue weighted by Gasteiger charge is -2.31. The topological polar surface area (TPSA) is 42.2 Å². The number of nitrogens with zero attached hydrogens (tertiary/aromatic N) is 2. The summed E-state index contributed by atoms with van der Waals surface area (Å²) in [6.45, 7) is 3.95. The lowest BCUT2D eigenvalue weighted by molar-refractivity contribution is 0.719. The number of nitrogens with two attached hydrogens (primary N) is 1. The third-order valence-electron chi connectivity index (χ3n) is 3.61. The Morgan fingerprint density at radius 1 is 1.26 bits per heavy atom. The van der Waals surface area contributed by atoms with E-state index in [2.05, 4.69) is 44.9 Å². The van der Waals surface area contributed by atoms with E-state index in [0.717, 1.165) is 35.5 Å². The second-order valence-electron chi connectivity index (χ2n) is 4.97. The fourth-order valence-electron chi connectivity index (χ4n) is 2.50. The molecule has 0 amide bonds. The zero-order valence-electron chi connectivity index (χ0n) is 10.9. The molecule has 1 aliphatic rings. The van der Waals surface area contributed by atoms with Crippen LogP contribution < -0.4 is 10.6 Å². The lowest BCUT2D eigenvalue weighted by atomic mass is 9.99. The monoisotopic (exact) mass is 317 g/mol. The van der Waals surface area contributed by atoms with E-state index in [1.807, 2.05) is 18.3 Å². The molecule has 1 aromatic carbocycles. The first-order valence-corrected chi connectivity index (χ1v) is 7.18. The van der Waals surface area contributed by atoms with Gasteiger partial charge in [0.2, 0.25) is 0 Å². The van der Waals surface area contributed by atoms with Crippen LogP contribution >= 0.6 is 15.9 Å². The molecule has 0 bridgehead atoms. The van der Waals surface area contributed by atoms with Crippen molar-refractivity contribution >= 4 is 27.4 Å². The quantitative estimate of drug-likeness (QED) is 0.821. The van der Waals surface area contributed by atoms with Crippen LogP contribution in [-0.2, 0) is 13.0 Å². The third kappa shape index (κ3) is 2.32. The van der Waals surface area contributed by atoms with Crippen molar-refractivity contribution in [1.29, 1.82) is 0 Å². The van der Waals surface area contributed by atoms with E-state index in [-0.39, 0.29) is 0 Å². The van der Waals surface area contributed by atoms with Crippen LogP contribution in [0.25, 0.3) is 0 Å². The molecule has 98 valence electrons. The van der Waals surface area contributed by atoms with Gasteiger partial charge in [0.1, 0.15) is 5.82 Å². The van der Waals surface area contributed by atoms with Crippen LogP contribution in [0.15, 0.2) is 34.9 Å². The van der Waals surface area contributed by atoms with Crippen molar-refractivity contribution in [3.05, 3.63) is 51.6 Å². The summed E-state index contributed by atoms with van der Waals surface area (Å²) in [5, 5.41) is 0. The van der Waals surface area contributed by atoms with E-state index in [4.69, 9.17) is 5.73 Å². The number of aryl methyl sites for hydroxylation is 1. The zero-order valence-corrected chi connectivity index (χ0v) is 12.4. The van der Waals surface area contributed by atoms with Crippen molar-refractivity contribution in [3.8, 4) is 0 Å². The minimum absolute atomic E-state index is 0.830. The third-order valence-corrected chi connectivity index (χ3v) is 4.59. The van der Waals surface area contributed by atoms with Crippen LogP contribution in [0, 0.1) is 6.92 Å². The molecule has 0 fully saturated rings. The van der Waals surface area contributed by atoms with Gasteiger partial charge in [-0.3, -0.25) is 0 Å². The molecular weight excluding hydrogens is 302 g/mol. The summed E-state index contributed by atoms with van der Waals surface area (Å²) in [7, 11) is 0. The van der Waals surface area contributed by atoms with Gasteiger partial charge in [0.25, 0.3) is 0 Å². The first kappa shape index (κ1) is 12.5. The van der Waals surface area contributed by atoms with Crippen LogP contribution in [0.3, 0.4) is 0 Å². The molecule has 1 aromatic heterocycles. The predicted molar refractivity (Wildman–Crippen MR) is 82.3 cm³/mol. The van der Waals surface area contributed by atoms with Gasteiger partial charge >= 0.3 is 0 Å². The van der Waals surface area contributed by atoms with E-state index >= 15 is 0 Å². The van der Waals surface area contributed by atoms with E-state index < -0.39 is 0 Å². The molecule has 0 saturated carbocycles. The van der Waals surface area contributed by atoms with Crippen LogP contribution in [0.1, 0.15) is 16.7 Å². The number of halogens is 1. The van der Waals surface area contributed by atoms with Gasteiger partial charge in [-0.05, 0) is 64.2 Å². The van der Waals surface area contributed by atoms with Gasteiger partial charge in [-0.25, -0.2) is 4.98 Å². The van der Waals surface area contributed by atoms with Gasteiger partial charge in [0.05, 0.1) is 4.47 Å². The van der Waals surface area contributed by atoms with Gasteiger partial charge in [-0.15, -0.1) is 0 Å². The van der Waals surface area contributed by atoms with E-state index in [1.54, 1.807) is 0 Å². The van der Waals surface area contributed by atoms with E-state index in [1.165, 1.54) is 16.7 Å². The summed E-state index contributed by atoms with van der Waals surface area (Å²) in [4.78, 5) is 6.81. The minimum atomic E-state index is 0.830. The molecule has 4 heteroatoms. The molecule has 0 atom stereocenters. The number of pyridine rings is 1. The second kappa shape index (κ2) is 4.85. The molecule has 1 aliphatic heterocycles. The predicted octanol–water partition coefficient (Wildman–Crippen LogP) is 3.30. The molecule has 19 heavy (non-hydrogen) atoms. The molecule has 2 heterocycles. The van der Waals surface area contributed by atoms with Crippen LogP contribution in [0.4, 0.5) is 11.5 Å². The Balaban J connectivity index is 1.95. The number of hydrogen-bond acceptors (Lipinski definition) is 3. The standard InChI is InChI=1S/C15H16BrN3/c1-10-4-6-18-15(14(10)16)19-7-5-11-2-3-13(17)8-12(11)9-19/h2-4,6,8H,5,7,9,17H2,1H3. The molecule has 0 saturated heterocycles. The summed E-state index contributed by atoms with van der Waals surface area (Å²) in [5.74, 6) is 1.02. The van der Waals surface area contributed by atoms with E-state index in [9.17, 15) is 0 Å². The van der Waals surface area contributed by atoms with Gasteiger partial charge in [-0.1, -0.05) is 6.07 Å². The Hall–Kier alpha value is -1.55. The molecule has 3 nitrogen and oxygen atoms in total. The van der Waals surface area contributed by atoms with Crippen molar-refractivity contribution in [2.24, 2.45) is 0 Å². The minimum Gasteiger partial charge on any atom is -0.399 e. The molecule has 0 spiro atoms. The smallest absolute Gasteiger partial charge is 0.143 e.